The molecule has 0 bridgehead atoms. The Labute approximate surface area is 89.2 Å². The van der Waals surface area contributed by atoms with Gasteiger partial charge in [0, 0.05) is 6.42 Å². The van der Waals surface area contributed by atoms with E-state index >= 15 is 0 Å². The highest BCUT2D eigenvalue weighted by molar-refractivity contribution is 7.86. The summed E-state index contributed by atoms with van der Waals surface area (Å²) >= 11 is 0. The number of carboxylic acids is 1. The van der Waals surface area contributed by atoms with E-state index in [1.807, 2.05) is 0 Å². The molecule has 6 heteroatoms. The summed E-state index contributed by atoms with van der Waals surface area (Å²) in [4.78, 5) is 10.4. The summed E-state index contributed by atoms with van der Waals surface area (Å²) in [5.41, 5.74) is 0. The predicted octanol–water partition coefficient (Wildman–Crippen LogP) is 1.30. The normalized spacial score (nSPS) is 27.5. The molecule has 0 aliphatic heterocycles. The molecule has 0 aromatic carbocycles. The predicted molar refractivity (Wildman–Crippen MR) is 54.2 cm³/mol. The van der Waals surface area contributed by atoms with Crippen molar-refractivity contribution in [1.29, 1.82) is 0 Å². The maximum Gasteiger partial charge on any atom is 0.303 e. The monoisotopic (exact) mass is 236 g/mol. The average Bonchev–Trinajstić information content (AvgIpc) is 2.13. The summed E-state index contributed by atoms with van der Waals surface area (Å²) in [5.74, 6) is -1.13. The molecule has 0 heterocycles. The van der Waals surface area contributed by atoms with Crippen LogP contribution in [0.5, 0.6) is 0 Å². The minimum Gasteiger partial charge on any atom is -0.481 e. The molecule has 15 heavy (non-hydrogen) atoms. The van der Waals surface area contributed by atoms with Crippen LogP contribution in [0.25, 0.3) is 0 Å². The van der Waals surface area contributed by atoms with Gasteiger partial charge in [-0.1, -0.05) is 12.8 Å². The third-order valence-corrected chi connectivity index (χ3v) is 4.34. The van der Waals surface area contributed by atoms with E-state index in [0.29, 0.717) is 19.3 Å². The highest BCUT2D eigenvalue weighted by Crippen LogP contribution is 2.32. The molecule has 0 amide bonds. The molecule has 0 spiro atoms. The van der Waals surface area contributed by atoms with E-state index in [1.165, 1.54) is 0 Å². The van der Waals surface area contributed by atoms with Crippen LogP contribution in [-0.2, 0) is 14.9 Å². The largest absolute Gasteiger partial charge is 0.481 e. The van der Waals surface area contributed by atoms with Crippen molar-refractivity contribution < 1.29 is 22.9 Å². The fourth-order valence-corrected chi connectivity index (χ4v) is 3.43. The van der Waals surface area contributed by atoms with E-state index < -0.39 is 21.3 Å². The van der Waals surface area contributed by atoms with Gasteiger partial charge in [-0.2, -0.15) is 8.42 Å². The Bertz CT molecular complexity index is 321. The molecule has 1 rings (SSSR count). The summed E-state index contributed by atoms with van der Waals surface area (Å²) < 4.78 is 31.1. The van der Waals surface area contributed by atoms with Crippen LogP contribution in [0.3, 0.4) is 0 Å². The topological polar surface area (TPSA) is 91.7 Å². The third-order valence-electron chi connectivity index (χ3n) is 2.95. The Balaban J connectivity index is 2.62. The van der Waals surface area contributed by atoms with Gasteiger partial charge in [0.05, 0.1) is 5.25 Å². The van der Waals surface area contributed by atoms with Crippen molar-refractivity contribution in [3.63, 3.8) is 0 Å². The summed E-state index contributed by atoms with van der Waals surface area (Å²) in [6.45, 7) is 0. The standard InChI is InChI=1S/C9H16O5S/c10-9(11)6-5-7-3-1-2-4-8(7)15(12,13)14/h7-8H,1-6H2,(H,10,11)(H,12,13,14). The van der Waals surface area contributed by atoms with Gasteiger partial charge in [0.15, 0.2) is 0 Å². The van der Waals surface area contributed by atoms with Crippen LogP contribution in [0.15, 0.2) is 0 Å². The summed E-state index contributed by atoms with van der Waals surface area (Å²) in [6, 6.07) is 0. The molecule has 2 N–H and O–H groups in total. The van der Waals surface area contributed by atoms with Gasteiger partial charge < -0.3 is 5.11 Å². The number of carboxylic acid groups (broad SMARTS) is 1. The van der Waals surface area contributed by atoms with Gasteiger partial charge in [0.25, 0.3) is 10.1 Å². The van der Waals surface area contributed by atoms with Gasteiger partial charge in [-0.15, -0.1) is 0 Å². The van der Waals surface area contributed by atoms with Crippen molar-refractivity contribution in [3.05, 3.63) is 0 Å². The second-order valence-electron chi connectivity index (χ2n) is 4.03. The van der Waals surface area contributed by atoms with E-state index in [4.69, 9.17) is 9.66 Å². The summed E-state index contributed by atoms with van der Waals surface area (Å²) in [7, 11) is -4.02. The molecule has 1 aliphatic rings. The fourth-order valence-electron chi connectivity index (χ4n) is 2.20. The van der Waals surface area contributed by atoms with Crippen LogP contribution in [-0.4, -0.2) is 29.3 Å². The first-order valence-corrected chi connectivity index (χ1v) is 6.59. The number of hydrogen-bond acceptors (Lipinski definition) is 3. The first kappa shape index (κ1) is 12.4. The fraction of sp³-hybridized carbons (Fsp3) is 0.889. The lowest BCUT2D eigenvalue weighted by Crippen LogP contribution is -2.32. The molecule has 2 unspecified atom stereocenters. The Kier molecular flexibility index (Phi) is 4.10. The zero-order valence-electron chi connectivity index (χ0n) is 8.42. The first-order valence-electron chi connectivity index (χ1n) is 5.09. The van der Waals surface area contributed by atoms with E-state index in [9.17, 15) is 13.2 Å². The molecular formula is C9H16O5S. The van der Waals surface area contributed by atoms with Crippen LogP contribution >= 0.6 is 0 Å². The van der Waals surface area contributed by atoms with E-state index in [-0.39, 0.29) is 12.3 Å². The Hall–Kier alpha value is -0.620. The van der Waals surface area contributed by atoms with Crippen molar-refractivity contribution in [3.8, 4) is 0 Å². The lowest BCUT2D eigenvalue weighted by atomic mass is 9.85. The molecular weight excluding hydrogens is 220 g/mol. The van der Waals surface area contributed by atoms with Gasteiger partial charge >= 0.3 is 5.97 Å². The van der Waals surface area contributed by atoms with Gasteiger partial charge in [-0.25, -0.2) is 0 Å². The van der Waals surface area contributed by atoms with E-state index in [1.54, 1.807) is 0 Å². The van der Waals surface area contributed by atoms with Gasteiger partial charge in [-0.3, -0.25) is 9.35 Å². The molecule has 5 nitrogen and oxygen atoms in total. The molecule has 0 aromatic heterocycles. The number of aliphatic carboxylic acids is 1. The molecule has 0 saturated heterocycles. The van der Waals surface area contributed by atoms with Crippen LogP contribution < -0.4 is 0 Å². The number of carbonyl (C=O) groups is 1. The maximum absolute atomic E-state index is 11.0. The van der Waals surface area contributed by atoms with Crippen molar-refractivity contribution in [2.75, 3.05) is 0 Å². The molecule has 0 aromatic rings. The molecule has 2 atom stereocenters. The average molecular weight is 236 g/mol. The SMILES string of the molecule is O=C(O)CCC1CCCCC1S(=O)(=O)O. The van der Waals surface area contributed by atoms with Crippen LogP contribution in [0.4, 0.5) is 0 Å². The van der Waals surface area contributed by atoms with Gasteiger partial charge in [-0.05, 0) is 25.2 Å². The molecule has 1 aliphatic carbocycles. The maximum atomic E-state index is 11.0. The minimum absolute atomic E-state index is 0.0311. The quantitative estimate of drug-likeness (QED) is 0.718. The third kappa shape index (κ3) is 3.79. The Morgan fingerprint density at radius 1 is 1.27 bits per heavy atom. The van der Waals surface area contributed by atoms with Crippen molar-refractivity contribution in [1.82, 2.24) is 0 Å². The Morgan fingerprint density at radius 2 is 1.87 bits per heavy atom. The zero-order valence-corrected chi connectivity index (χ0v) is 9.24. The first-order chi connectivity index (χ1) is 6.91. The van der Waals surface area contributed by atoms with Crippen molar-refractivity contribution >= 4 is 16.1 Å². The lowest BCUT2D eigenvalue weighted by Gasteiger charge is -2.28. The van der Waals surface area contributed by atoms with Crippen LogP contribution in [0.1, 0.15) is 38.5 Å². The molecule has 1 saturated carbocycles. The molecule has 88 valence electrons. The number of hydrogen-bond donors (Lipinski definition) is 2. The van der Waals surface area contributed by atoms with Gasteiger partial charge in [0.2, 0.25) is 0 Å². The lowest BCUT2D eigenvalue weighted by molar-refractivity contribution is -0.137. The summed E-state index contributed by atoms with van der Waals surface area (Å²) in [6.07, 6.45) is 3.14. The second-order valence-corrected chi connectivity index (χ2v) is 5.67. The highest BCUT2D eigenvalue weighted by atomic mass is 32.2. The molecule has 1 fully saturated rings. The number of rotatable bonds is 4. The van der Waals surface area contributed by atoms with Gasteiger partial charge in [0.1, 0.15) is 0 Å². The van der Waals surface area contributed by atoms with E-state index in [0.717, 1.165) is 12.8 Å². The van der Waals surface area contributed by atoms with Crippen molar-refractivity contribution in [2.45, 2.75) is 43.8 Å². The zero-order chi connectivity index (χ0) is 11.5. The van der Waals surface area contributed by atoms with Crippen molar-refractivity contribution in [2.24, 2.45) is 5.92 Å². The smallest absolute Gasteiger partial charge is 0.303 e. The van der Waals surface area contributed by atoms with Crippen LogP contribution in [0.2, 0.25) is 0 Å². The minimum atomic E-state index is -4.02. The second kappa shape index (κ2) is 4.94. The molecule has 0 radical (unpaired) electrons. The Morgan fingerprint density at radius 3 is 2.40 bits per heavy atom. The highest BCUT2D eigenvalue weighted by Gasteiger charge is 2.34. The van der Waals surface area contributed by atoms with E-state index in [2.05, 4.69) is 0 Å². The van der Waals surface area contributed by atoms with Crippen LogP contribution in [0, 0.1) is 5.92 Å². The summed E-state index contributed by atoms with van der Waals surface area (Å²) in [5, 5.41) is 7.76.